The summed E-state index contributed by atoms with van der Waals surface area (Å²) in [6.45, 7) is -3.25. The fourth-order valence-corrected chi connectivity index (χ4v) is 2.16. The molecule has 1 N–H and O–H groups in total. The van der Waals surface area contributed by atoms with Crippen LogP contribution in [0.3, 0.4) is 0 Å². The van der Waals surface area contributed by atoms with E-state index in [4.69, 9.17) is 4.74 Å². The number of hydrogen-bond acceptors (Lipinski definition) is 3. The molecule has 0 saturated heterocycles. The molecule has 1 amide bonds. The molecule has 140 valence electrons. The van der Waals surface area contributed by atoms with Gasteiger partial charge in [-0.1, -0.05) is 18.2 Å². The largest absolute Gasteiger partial charge is 0.493 e. The van der Waals surface area contributed by atoms with E-state index in [1.807, 2.05) is 0 Å². The number of alkyl halides is 5. The van der Waals surface area contributed by atoms with E-state index in [1.54, 1.807) is 0 Å². The summed E-state index contributed by atoms with van der Waals surface area (Å²) in [6.07, 6.45) is -4.45. The first-order valence-electron chi connectivity index (χ1n) is 7.28. The van der Waals surface area contributed by atoms with Gasteiger partial charge in [-0.05, 0) is 29.8 Å². The number of ether oxygens (including phenoxy) is 2. The molecule has 2 aromatic rings. The number of rotatable bonds is 6. The second-order valence-corrected chi connectivity index (χ2v) is 5.09. The maximum Gasteiger partial charge on any atom is 0.416 e. The second-order valence-electron chi connectivity index (χ2n) is 5.09. The summed E-state index contributed by atoms with van der Waals surface area (Å²) in [6, 6.07) is 8.24. The van der Waals surface area contributed by atoms with E-state index in [2.05, 4.69) is 10.1 Å². The van der Waals surface area contributed by atoms with Crippen molar-refractivity contribution in [2.45, 2.75) is 19.3 Å². The molecule has 4 nitrogen and oxygen atoms in total. The van der Waals surface area contributed by atoms with Gasteiger partial charge in [0.1, 0.15) is 0 Å². The molecule has 0 saturated carbocycles. The van der Waals surface area contributed by atoms with Gasteiger partial charge in [0, 0.05) is 6.54 Å². The van der Waals surface area contributed by atoms with Crippen molar-refractivity contribution in [1.82, 2.24) is 5.32 Å². The lowest BCUT2D eigenvalue weighted by molar-refractivity contribution is -0.137. The summed E-state index contributed by atoms with van der Waals surface area (Å²) in [5.41, 5.74) is -0.588. The van der Waals surface area contributed by atoms with Crippen LogP contribution >= 0.6 is 0 Å². The second kappa shape index (κ2) is 8.03. The first kappa shape index (κ1) is 19.5. The Labute approximate surface area is 145 Å². The molecule has 0 atom stereocenters. The summed E-state index contributed by atoms with van der Waals surface area (Å²) in [7, 11) is 1.23. The van der Waals surface area contributed by atoms with Crippen LogP contribution in [0.15, 0.2) is 42.5 Å². The van der Waals surface area contributed by atoms with Crippen LogP contribution in [-0.2, 0) is 12.7 Å². The molecule has 0 bridgehead atoms. The summed E-state index contributed by atoms with van der Waals surface area (Å²) in [4.78, 5) is 12.2. The molecular formula is C17H14F5NO3. The predicted molar refractivity (Wildman–Crippen MR) is 82.2 cm³/mol. The standard InChI is InChI=1S/C17H14F5NO3/c1-25-13-4-2-3-12(14(13)26-16(18)19)15(24)23-9-10-5-7-11(8-6-10)17(20,21)22/h2-8,16H,9H2,1H3,(H,23,24). The monoisotopic (exact) mass is 375 g/mol. The number of hydrogen-bond donors (Lipinski definition) is 1. The van der Waals surface area contributed by atoms with Gasteiger partial charge in [-0.15, -0.1) is 0 Å². The van der Waals surface area contributed by atoms with Crippen molar-refractivity contribution in [2.75, 3.05) is 7.11 Å². The number of methoxy groups -OCH3 is 1. The number of carbonyl (C=O) groups is 1. The summed E-state index contributed by atoms with van der Waals surface area (Å²) in [5.74, 6) is -1.21. The van der Waals surface area contributed by atoms with Crippen LogP contribution < -0.4 is 14.8 Å². The molecule has 0 radical (unpaired) electrons. The van der Waals surface area contributed by atoms with Gasteiger partial charge in [0.25, 0.3) is 5.91 Å². The predicted octanol–water partition coefficient (Wildman–Crippen LogP) is 4.25. The summed E-state index contributed by atoms with van der Waals surface area (Å²) >= 11 is 0. The van der Waals surface area contributed by atoms with Gasteiger partial charge in [0.15, 0.2) is 11.5 Å². The Hall–Kier alpha value is -2.84. The normalized spacial score (nSPS) is 11.3. The van der Waals surface area contributed by atoms with Gasteiger partial charge in [0.2, 0.25) is 0 Å². The van der Waals surface area contributed by atoms with E-state index in [9.17, 15) is 26.7 Å². The Morgan fingerprint density at radius 1 is 1.12 bits per heavy atom. The molecule has 0 heterocycles. The van der Waals surface area contributed by atoms with E-state index in [0.717, 1.165) is 12.1 Å². The van der Waals surface area contributed by atoms with Gasteiger partial charge in [-0.25, -0.2) is 0 Å². The zero-order valence-corrected chi connectivity index (χ0v) is 13.4. The Bertz CT molecular complexity index is 760. The first-order chi connectivity index (χ1) is 12.2. The lowest BCUT2D eigenvalue weighted by Gasteiger charge is -2.14. The molecule has 2 aromatic carbocycles. The number of benzene rings is 2. The van der Waals surface area contributed by atoms with Crippen LogP contribution in [-0.4, -0.2) is 19.6 Å². The molecule has 0 aliphatic carbocycles. The smallest absolute Gasteiger partial charge is 0.416 e. The fourth-order valence-electron chi connectivity index (χ4n) is 2.16. The van der Waals surface area contributed by atoms with Crippen LogP contribution in [0.5, 0.6) is 11.5 Å². The lowest BCUT2D eigenvalue weighted by Crippen LogP contribution is -2.24. The highest BCUT2D eigenvalue weighted by Crippen LogP contribution is 2.32. The van der Waals surface area contributed by atoms with Crippen molar-refractivity contribution in [2.24, 2.45) is 0 Å². The van der Waals surface area contributed by atoms with Crippen molar-refractivity contribution in [3.05, 3.63) is 59.2 Å². The average molecular weight is 375 g/mol. The molecule has 0 unspecified atom stereocenters. The van der Waals surface area contributed by atoms with Crippen LogP contribution in [0.25, 0.3) is 0 Å². The van der Waals surface area contributed by atoms with Gasteiger partial charge in [0.05, 0.1) is 18.2 Å². The Morgan fingerprint density at radius 3 is 2.31 bits per heavy atom. The van der Waals surface area contributed by atoms with E-state index >= 15 is 0 Å². The third-order valence-electron chi connectivity index (χ3n) is 3.38. The highest BCUT2D eigenvalue weighted by atomic mass is 19.4. The minimum atomic E-state index is -4.45. The molecule has 0 fully saturated rings. The zero-order chi connectivity index (χ0) is 19.3. The van der Waals surface area contributed by atoms with Crippen molar-refractivity contribution < 1.29 is 36.2 Å². The third-order valence-corrected chi connectivity index (χ3v) is 3.38. The van der Waals surface area contributed by atoms with Crippen molar-refractivity contribution in [3.8, 4) is 11.5 Å². The molecule has 0 aromatic heterocycles. The fraction of sp³-hybridized carbons (Fsp3) is 0.235. The minimum Gasteiger partial charge on any atom is -0.493 e. The number of carbonyl (C=O) groups excluding carboxylic acids is 1. The molecule has 0 spiro atoms. The molecule has 26 heavy (non-hydrogen) atoms. The quantitative estimate of drug-likeness (QED) is 0.768. The maximum atomic E-state index is 12.6. The summed E-state index contributed by atoms with van der Waals surface area (Å²) < 4.78 is 71.9. The van der Waals surface area contributed by atoms with Crippen LogP contribution in [0.1, 0.15) is 21.5 Å². The first-order valence-corrected chi connectivity index (χ1v) is 7.28. The van der Waals surface area contributed by atoms with E-state index in [-0.39, 0.29) is 17.9 Å². The maximum absolute atomic E-state index is 12.6. The van der Waals surface area contributed by atoms with Crippen LogP contribution in [0, 0.1) is 0 Å². The SMILES string of the molecule is COc1cccc(C(=O)NCc2ccc(C(F)(F)F)cc2)c1OC(F)F. The molecule has 2 rings (SSSR count). The molecule has 0 aliphatic rings. The highest BCUT2D eigenvalue weighted by molar-refractivity contribution is 5.97. The van der Waals surface area contributed by atoms with E-state index < -0.39 is 30.0 Å². The molecular weight excluding hydrogens is 361 g/mol. The summed E-state index contributed by atoms with van der Waals surface area (Å²) in [5, 5.41) is 2.44. The van der Waals surface area contributed by atoms with Gasteiger partial charge in [-0.3, -0.25) is 4.79 Å². The Balaban J connectivity index is 2.13. The topological polar surface area (TPSA) is 47.6 Å². The number of nitrogens with one attached hydrogen (secondary N) is 1. The Kier molecular flexibility index (Phi) is 6.01. The van der Waals surface area contributed by atoms with Crippen molar-refractivity contribution >= 4 is 5.91 Å². The van der Waals surface area contributed by atoms with Gasteiger partial charge >= 0.3 is 12.8 Å². The van der Waals surface area contributed by atoms with Crippen LogP contribution in [0.4, 0.5) is 22.0 Å². The van der Waals surface area contributed by atoms with Gasteiger partial charge in [-0.2, -0.15) is 22.0 Å². The molecule has 9 heteroatoms. The average Bonchev–Trinajstić information content (AvgIpc) is 2.59. The number of para-hydroxylation sites is 1. The minimum absolute atomic E-state index is 0.0486. The number of halogens is 5. The van der Waals surface area contributed by atoms with E-state index in [1.165, 1.54) is 37.4 Å². The lowest BCUT2D eigenvalue weighted by atomic mass is 10.1. The number of amides is 1. The third kappa shape index (κ3) is 4.84. The molecule has 0 aliphatic heterocycles. The van der Waals surface area contributed by atoms with E-state index in [0.29, 0.717) is 5.56 Å². The zero-order valence-electron chi connectivity index (χ0n) is 13.4. The van der Waals surface area contributed by atoms with Crippen molar-refractivity contribution in [3.63, 3.8) is 0 Å². The van der Waals surface area contributed by atoms with Crippen LogP contribution in [0.2, 0.25) is 0 Å². The Morgan fingerprint density at radius 2 is 1.77 bits per heavy atom. The van der Waals surface area contributed by atoms with Crippen molar-refractivity contribution in [1.29, 1.82) is 0 Å². The van der Waals surface area contributed by atoms with Gasteiger partial charge < -0.3 is 14.8 Å². The highest BCUT2D eigenvalue weighted by Gasteiger charge is 2.30.